The number of anilines is 1. The number of ether oxygens (including phenoxy) is 2. The third-order valence-electron chi connectivity index (χ3n) is 4.09. The monoisotopic (exact) mass is 426 g/mol. The fourth-order valence-electron chi connectivity index (χ4n) is 2.80. The highest BCUT2D eigenvalue weighted by Crippen LogP contribution is 2.34. The molecule has 0 saturated carbocycles. The summed E-state index contributed by atoms with van der Waals surface area (Å²) in [6, 6.07) is 9.81. The largest absolute Gasteiger partial charge is 0.454 e. The second kappa shape index (κ2) is 8.41. The fourth-order valence-corrected chi connectivity index (χ4v) is 3.42. The van der Waals surface area contributed by atoms with Crippen molar-refractivity contribution in [3.8, 4) is 17.3 Å². The minimum atomic E-state index is -0.634. The van der Waals surface area contributed by atoms with Crippen molar-refractivity contribution in [1.29, 1.82) is 0 Å². The van der Waals surface area contributed by atoms with Gasteiger partial charge < -0.3 is 14.8 Å². The Morgan fingerprint density at radius 2 is 1.93 bits per heavy atom. The Morgan fingerprint density at radius 1 is 1.10 bits per heavy atom. The lowest BCUT2D eigenvalue weighted by Gasteiger charge is -2.07. The molecular formula is C19H18N6O4S. The zero-order valence-corrected chi connectivity index (χ0v) is 17.0. The van der Waals surface area contributed by atoms with Gasteiger partial charge in [-0.15, -0.1) is 10.2 Å². The van der Waals surface area contributed by atoms with Crippen LogP contribution in [0.25, 0.3) is 5.82 Å². The average Bonchev–Trinajstić information content (AvgIpc) is 3.32. The number of benzene rings is 1. The number of fused-ring (bicyclic) bond motifs is 1. The van der Waals surface area contributed by atoms with Crippen molar-refractivity contribution in [2.45, 2.75) is 18.9 Å². The first-order valence-corrected chi connectivity index (χ1v) is 9.97. The summed E-state index contributed by atoms with van der Waals surface area (Å²) in [7, 11) is 0. The molecule has 4 rings (SSSR count). The molecule has 3 heterocycles. The predicted octanol–water partition coefficient (Wildman–Crippen LogP) is 2.45. The highest BCUT2D eigenvalue weighted by Gasteiger charge is 2.15. The minimum absolute atomic E-state index is 0.0164. The molecule has 0 radical (unpaired) electrons. The second-order valence-electron chi connectivity index (χ2n) is 6.43. The van der Waals surface area contributed by atoms with Crippen molar-refractivity contribution >= 4 is 29.4 Å². The minimum Gasteiger partial charge on any atom is -0.454 e. The van der Waals surface area contributed by atoms with E-state index in [1.165, 1.54) is 11.8 Å². The molecule has 0 spiro atoms. The van der Waals surface area contributed by atoms with E-state index in [1.54, 1.807) is 35.0 Å². The number of thioether (sulfide) groups is 1. The summed E-state index contributed by atoms with van der Waals surface area (Å²) in [5.74, 6) is 1.30. The summed E-state index contributed by atoms with van der Waals surface area (Å²) in [5, 5.41) is 18.0. The molecule has 0 aliphatic carbocycles. The molecule has 154 valence electrons. The quantitative estimate of drug-likeness (QED) is 0.597. The van der Waals surface area contributed by atoms with Crippen LogP contribution in [-0.4, -0.2) is 44.5 Å². The van der Waals surface area contributed by atoms with Crippen LogP contribution in [0.15, 0.2) is 41.4 Å². The molecule has 2 aromatic heterocycles. The van der Waals surface area contributed by atoms with Gasteiger partial charge in [-0.25, -0.2) is 9.48 Å². The predicted molar refractivity (Wildman–Crippen MR) is 109 cm³/mol. The number of nitrogens with zero attached hydrogens (tertiary/aromatic N) is 4. The lowest BCUT2D eigenvalue weighted by molar-refractivity contribution is -0.117. The van der Waals surface area contributed by atoms with Crippen molar-refractivity contribution in [1.82, 2.24) is 25.3 Å². The normalized spacial score (nSPS) is 11.9. The van der Waals surface area contributed by atoms with E-state index in [4.69, 9.17) is 9.47 Å². The van der Waals surface area contributed by atoms with Crippen molar-refractivity contribution in [3.05, 3.63) is 47.8 Å². The summed E-state index contributed by atoms with van der Waals surface area (Å²) in [5.41, 5.74) is 2.33. The summed E-state index contributed by atoms with van der Waals surface area (Å²) >= 11 is 1.17. The highest BCUT2D eigenvalue weighted by molar-refractivity contribution is 7.99. The molecule has 0 unspecified atom stereocenters. The number of nitrogens with one attached hydrogen (secondary N) is 2. The Balaban J connectivity index is 1.27. The van der Waals surface area contributed by atoms with Gasteiger partial charge in [0.2, 0.25) is 12.7 Å². The van der Waals surface area contributed by atoms with Gasteiger partial charge in [-0.3, -0.25) is 10.1 Å². The van der Waals surface area contributed by atoms with Crippen molar-refractivity contribution in [2.75, 3.05) is 17.9 Å². The van der Waals surface area contributed by atoms with Crippen molar-refractivity contribution in [2.24, 2.45) is 0 Å². The number of aryl methyl sites for hydroxylation is 2. The number of urea groups is 1. The van der Waals surface area contributed by atoms with Gasteiger partial charge in [0.1, 0.15) is 5.03 Å². The van der Waals surface area contributed by atoms with E-state index >= 15 is 0 Å². The van der Waals surface area contributed by atoms with E-state index in [9.17, 15) is 9.59 Å². The average molecular weight is 426 g/mol. The molecule has 10 nitrogen and oxygen atoms in total. The van der Waals surface area contributed by atoms with Gasteiger partial charge in [-0.05, 0) is 44.2 Å². The molecule has 1 aliphatic rings. The van der Waals surface area contributed by atoms with Crippen LogP contribution in [0.4, 0.5) is 10.5 Å². The topological polar surface area (TPSA) is 120 Å². The third kappa shape index (κ3) is 4.51. The number of hydrogen-bond acceptors (Lipinski definition) is 8. The first-order valence-electron chi connectivity index (χ1n) is 8.98. The van der Waals surface area contributed by atoms with E-state index in [-0.39, 0.29) is 12.5 Å². The Bertz CT molecular complexity index is 1100. The zero-order valence-electron chi connectivity index (χ0n) is 16.2. The molecule has 11 heteroatoms. The molecule has 0 saturated heterocycles. The van der Waals surface area contributed by atoms with Gasteiger partial charge in [0.25, 0.3) is 0 Å². The Hall–Kier alpha value is -3.60. The Kier molecular flexibility index (Phi) is 5.53. The van der Waals surface area contributed by atoms with Crippen LogP contribution in [-0.2, 0) is 4.79 Å². The van der Waals surface area contributed by atoms with Crippen molar-refractivity contribution < 1.29 is 19.1 Å². The van der Waals surface area contributed by atoms with Crippen LogP contribution in [0.1, 0.15) is 11.4 Å². The van der Waals surface area contributed by atoms with E-state index in [1.807, 2.05) is 19.9 Å². The Morgan fingerprint density at radius 3 is 2.67 bits per heavy atom. The lowest BCUT2D eigenvalue weighted by Crippen LogP contribution is -2.35. The van der Waals surface area contributed by atoms with E-state index in [2.05, 4.69) is 25.9 Å². The fraction of sp³-hybridized carbons (Fsp3) is 0.211. The summed E-state index contributed by atoms with van der Waals surface area (Å²) in [6.07, 6.45) is 0. The number of carbonyl (C=O) groups excluding carboxylic acids is 2. The van der Waals surface area contributed by atoms with Crippen LogP contribution in [0.3, 0.4) is 0 Å². The first-order chi connectivity index (χ1) is 14.5. The van der Waals surface area contributed by atoms with Gasteiger partial charge >= 0.3 is 6.03 Å². The number of amides is 3. The van der Waals surface area contributed by atoms with Crippen LogP contribution in [0, 0.1) is 13.8 Å². The van der Waals surface area contributed by atoms with Crippen LogP contribution >= 0.6 is 11.8 Å². The second-order valence-corrected chi connectivity index (χ2v) is 7.42. The third-order valence-corrected chi connectivity index (χ3v) is 5.01. The van der Waals surface area contributed by atoms with E-state index in [0.717, 1.165) is 11.4 Å². The van der Waals surface area contributed by atoms with Crippen LogP contribution in [0.2, 0.25) is 0 Å². The Labute approximate surface area is 176 Å². The summed E-state index contributed by atoms with van der Waals surface area (Å²) < 4.78 is 12.2. The molecule has 0 fully saturated rings. The maximum atomic E-state index is 12.0. The number of carbonyl (C=O) groups is 2. The van der Waals surface area contributed by atoms with E-state index in [0.29, 0.717) is 28.0 Å². The smallest absolute Gasteiger partial charge is 0.325 e. The molecule has 3 amide bonds. The van der Waals surface area contributed by atoms with Gasteiger partial charge in [-0.2, -0.15) is 5.10 Å². The van der Waals surface area contributed by atoms with E-state index < -0.39 is 11.9 Å². The molecule has 1 aliphatic heterocycles. The molecule has 0 bridgehead atoms. The van der Waals surface area contributed by atoms with Gasteiger partial charge in [0, 0.05) is 17.4 Å². The molecule has 3 aromatic rings. The molecule has 1 aromatic carbocycles. The van der Waals surface area contributed by atoms with Gasteiger partial charge in [-0.1, -0.05) is 11.8 Å². The summed E-state index contributed by atoms with van der Waals surface area (Å²) in [6.45, 7) is 3.98. The van der Waals surface area contributed by atoms with Crippen LogP contribution < -0.4 is 20.1 Å². The van der Waals surface area contributed by atoms with Crippen molar-refractivity contribution in [3.63, 3.8) is 0 Å². The molecule has 2 N–H and O–H groups in total. The standard InChI is InChI=1S/C19H18N6O4S/c1-11-7-12(2)25(24-11)16-5-6-18(23-22-16)30-9-17(26)21-19(27)20-13-3-4-14-15(8-13)29-10-28-14/h3-8H,9-10H2,1-2H3,(H2,20,21,26,27). The highest BCUT2D eigenvalue weighted by atomic mass is 32.2. The molecule has 30 heavy (non-hydrogen) atoms. The lowest BCUT2D eigenvalue weighted by atomic mass is 10.3. The number of aromatic nitrogens is 4. The van der Waals surface area contributed by atoms with Crippen LogP contribution in [0.5, 0.6) is 11.5 Å². The number of hydrogen-bond donors (Lipinski definition) is 2. The first kappa shape index (κ1) is 19.7. The van der Waals surface area contributed by atoms with Gasteiger partial charge in [0.15, 0.2) is 17.3 Å². The number of rotatable bonds is 5. The SMILES string of the molecule is Cc1cc(C)n(-c2ccc(SCC(=O)NC(=O)Nc3ccc4c(c3)OCO4)nn2)n1. The molecular weight excluding hydrogens is 408 g/mol. The number of imide groups is 1. The zero-order chi connectivity index (χ0) is 21.1. The van der Waals surface area contributed by atoms with Gasteiger partial charge in [0.05, 0.1) is 11.4 Å². The molecule has 0 atom stereocenters. The summed E-state index contributed by atoms with van der Waals surface area (Å²) in [4.78, 5) is 24.0. The maximum Gasteiger partial charge on any atom is 0.325 e. The maximum absolute atomic E-state index is 12.0.